The van der Waals surface area contributed by atoms with E-state index in [-0.39, 0.29) is 17.5 Å². The predicted octanol–water partition coefficient (Wildman–Crippen LogP) is 2.99. The summed E-state index contributed by atoms with van der Waals surface area (Å²) in [6.45, 7) is 1.28. The summed E-state index contributed by atoms with van der Waals surface area (Å²) in [5.41, 5.74) is 1.63. The number of carbonyl (C=O) groups is 1. The highest BCUT2D eigenvalue weighted by molar-refractivity contribution is 5.91. The van der Waals surface area contributed by atoms with Crippen LogP contribution in [0.2, 0.25) is 0 Å². The molecule has 1 atom stereocenters. The second-order valence-corrected chi connectivity index (χ2v) is 7.30. The van der Waals surface area contributed by atoms with Gasteiger partial charge in [-0.1, -0.05) is 48.5 Å². The van der Waals surface area contributed by atoms with Gasteiger partial charge >= 0.3 is 5.69 Å². The molecule has 3 aromatic rings. The van der Waals surface area contributed by atoms with Crippen LogP contribution in [-0.4, -0.2) is 38.2 Å². The highest BCUT2D eigenvalue weighted by Crippen LogP contribution is 2.26. The highest BCUT2D eigenvalue weighted by Gasteiger charge is 2.29. The lowest BCUT2D eigenvalue weighted by Gasteiger charge is -2.31. The Kier molecular flexibility index (Phi) is 5.42. The zero-order valence-electron chi connectivity index (χ0n) is 16.4. The van der Waals surface area contributed by atoms with Crippen molar-refractivity contribution in [2.45, 2.75) is 18.8 Å². The number of likely N-dealkylation sites (tertiary alicyclic amines) is 1. The minimum Gasteiger partial charge on any atom is -0.338 e. The van der Waals surface area contributed by atoms with E-state index < -0.39 is 0 Å². The fourth-order valence-corrected chi connectivity index (χ4v) is 3.79. The van der Waals surface area contributed by atoms with Gasteiger partial charge in [0.25, 0.3) is 0 Å². The number of para-hydroxylation sites is 1. The number of piperidine rings is 1. The number of rotatable bonds is 4. The monoisotopic (exact) mass is 388 g/mol. The van der Waals surface area contributed by atoms with E-state index in [4.69, 9.17) is 0 Å². The van der Waals surface area contributed by atoms with E-state index in [1.54, 1.807) is 17.7 Å². The number of amides is 1. The molecule has 1 aliphatic rings. The van der Waals surface area contributed by atoms with E-state index in [2.05, 4.69) is 5.10 Å². The molecule has 1 aromatic heterocycles. The van der Waals surface area contributed by atoms with Gasteiger partial charge in [-0.3, -0.25) is 4.79 Å². The molecule has 1 aliphatic heterocycles. The molecule has 1 amide bonds. The van der Waals surface area contributed by atoms with Crippen LogP contribution in [0.4, 0.5) is 0 Å². The Bertz CT molecular complexity index is 1070. The van der Waals surface area contributed by atoms with Crippen LogP contribution in [0.5, 0.6) is 0 Å². The first kappa shape index (κ1) is 18.9. The number of nitrogens with zero attached hydrogens (tertiary/aromatic N) is 4. The summed E-state index contributed by atoms with van der Waals surface area (Å²) >= 11 is 0. The first-order valence-corrected chi connectivity index (χ1v) is 9.87. The van der Waals surface area contributed by atoms with Crippen molar-refractivity contribution in [2.75, 3.05) is 13.1 Å². The Labute approximate surface area is 169 Å². The quantitative estimate of drug-likeness (QED) is 0.646. The van der Waals surface area contributed by atoms with E-state index in [1.165, 1.54) is 4.68 Å². The molecule has 2 aromatic carbocycles. The van der Waals surface area contributed by atoms with Gasteiger partial charge in [0.05, 0.1) is 5.69 Å². The molecule has 2 heterocycles. The molecule has 0 saturated carbocycles. The van der Waals surface area contributed by atoms with Gasteiger partial charge in [0.1, 0.15) is 5.82 Å². The summed E-state index contributed by atoms with van der Waals surface area (Å²) in [6, 6.07) is 19.3. The molecule has 0 radical (unpaired) electrons. The highest BCUT2D eigenvalue weighted by atomic mass is 16.2. The summed E-state index contributed by atoms with van der Waals surface area (Å²) in [4.78, 5) is 27.2. The van der Waals surface area contributed by atoms with Crippen molar-refractivity contribution in [2.24, 2.45) is 7.05 Å². The number of benzene rings is 2. The normalized spacial score (nSPS) is 17.0. The Morgan fingerprint density at radius 3 is 2.48 bits per heavy atom. The second-order valence-electron chi connectivity index (χ2n) is 7.30. The third kappa shape index (κ3) is 4.06. The maximum absolute atomic E-state index is 12.7. The average molecular weight is 388 g/mol. The summed E-state index contributed by atoms with van der Waals surface area (Å²) < 4.78 is 3.04. The number of aromatic nitrogens is 3. The Morgan fingerprint density at radius 2 is 1.76 bits per heavy atom. The van der Waals surface area contributed by atoms with Gasteiger partial charge in [-0.15, -0.1) is 0 Å². The van der Waals surface area contributed by atoms with Crippen molar-refractivity contribution in [3.05, 3.63) is 88.6 Å². The first-order valence-electron chi connectivity index (χ1n) is 9.87. The van der Waals surface area contributed by atoms with Gasteiger partial charge < -0.3 is 4.90 Å². The van der Waals surface area contributed by atoms with Crippen molar-refractivity contribution in [1.82, 2.24) is 19.2 Å². The van der Waals surface area contributed by atoms with Gasteiger partial charge in [-0.25, -0.2) is 14.0 Å². The zero-order valence-corrected chi connectivity index (χ0v) is 16.4. The molecule has 4 rings (SSSR count). The maximum atomic E-state index is 12.7. The third-order valence-corrected chi connectivity index (χ3v) is 5.28. The zero-order chi connectivity index (χ0) is 20.2. The van der Waals surface area contributed by atoms with E-state index in [9.17, 15) is 9.59 Å². The van der Waals surface area contributed by atoms with Crippen LogP contribution in [0.3, 0.4) is 0 Å². The largest absolute Gasteiger partial charge is 0.350 e. The van der Waals surface area contributed by atoms with Crippen LogP contribution in [0, 0.1) is 0 Å². The lowest BCUT2D eigenvalue weighted by atomic mass is 9.97. The van der Waals surface area contributed by atoms with Crippen LogP contribution in [0.15, 0.2) is 71.5 Å². The van der Waals surface area contributed by atoms with Gasteiger partial charge in [0.15, 0.2) is 0 Å². The molecular weight excluding hydrogens is 364 g/mol. The lowest BCUT2D eigenvalue weighted by Crippen LogP contribution is -2.39. The van der Waals surface area contributed by atoms with E-state index in [0.29, 0.717) is 12.4 Å². The lowest BCUT2D eigenvalue weighted by molar-refractivity contribution is -0.127. The van der Waals surface area contributed by atoms with Crippen LogP contribution in [0.1, 0.15) is 30.1 Å². The van der Waals surface area contributed by atoms with Gasteiger partial charge in [-0.2, -0.15) is 5.10 Å². The molecule has 6 nitrogen and oxygen atoms in total. The molecule has 0 aliphatic carbocycles. The molecule has 0 N–H and O–H groups in total. The van der Waals surface area contributed by atoms with Crippen molar-refractivity contribution < 1.29 is 4.79 Å². The standard InChI is InChI=1S/C23H24N4O2/c1-25-23(29)27(20-12-6-3-7-13-20)22(24-25)19-11-8-16-26(17-19)21(28)15-14-18-9-4-2-5-10-18/h2-7,9-10,12-15,19H,8,11,16-17H2,1H3/b15-14+/t19-/m1/s1. The summed E-state index contributed by atoms with van der Waals surface area (Å²) in [5.74, 6) is 0.725. The molecule has 6 heteroatoms. The average Bonchev–Trinajstić information content (AvgIpc) is 3.08. The number of hydrogen-bond acceptors (Lipinski definition) is 3. The van der Waals surface area contributed by atoms with E-state index in [1.807, 2.05) is 71.6 Å². The van der Waals surface area contributed by atoms with Crippen molar-refractivity contribution in [1.29, 1.82) is 0 Å². The molecule has 0 bridgehead atoms. The molecule has 148 valence electrons. The summed E-state index contributed by atoms with van der Waals surface area (Å²) in [6.07, 6.45) is 5.25. The van der Waals surface area contributed by atoms with E-state index in [0.717, 1.165) is 30.6 Å². The van der Waals surface area contributed by atoms with Gasteiger partial charge in [0, 0.05) is 32.1 Å². The molecule has 29 heavy (non-hydrogen) atoms. The van der Waals surface area contributed by atoms with Crippen LogP contribution in [-0.2, 0) is 11.8 Å². The van der Waals surface area contributed by atoms with Crippen molar-refractivity contribution >= 4 is 12.0 Å². The maximum Gasteiger partial charge on any atom is 0.350 e. The third-order valence-electron chi connectivity index (χ3n) is 5.28. The van der Waals surface area contributed by atoms with Gasteiger partial charge in [0.2, 0.25) is 5.91 Å². The van der Waals surface area contributed by atoms with Crippen molar-refractivity contribution in [3.63, 3.8) is 0 Å². The smallest absolute Gasteiger partial charge is 0.338 e. The Hall–Kier alpha value is -3.41. The number of carbonyl (C=O) groups excluding carboxylic acids is 1. The van der Waals surface area contributed by atoms with Gasteiger partial charge in [-0.05, 0) is 36.6 Å². The van der Waals surface area contributed by atoms with Crippen LogP contribution < -0.4 is 5.69 Å². The minimum absolute atomic E-state index is 0.0110. The SMILES string of the molecule is Cn1nc([C@@H]2CCCN(C(=O)/C=C/c3ccccc3)C2)n(-c2ccccc2)c1=O. The summed E-state index contributed by atoms with van der Waals surface area (Å²) in [5, 5.41) is 4.51. The predicted molar refractivity (Wildman–Crippen MR) is 113 cm³/mol. The molecule has 1 fully saturated rings. The second kappa shape index (κ2) is 8.31. The fraction of sp³-hybridized carbons (Fsp3) is 0.261. The molecule has 1 saturated heterocycles. The molecule has 0 spiro atoms. The van der Waals surface area contributed by atoms with Crippen LogP contribution in [0.25, 0.3) is 11.8 Å². The Balaban J connectivity index is 1.56. The number of hydrogen-bond donors (Lipinski definition) is 0. The van der Waals surface area contributed by atoms with E-state index >= 15 is 0 Å². The van der Waals surface area contributed by atoms with Crippen LogP contribution >= 0.6 is 0 Å². The summed E-state index contributed by atoms with van der Waals surface area (Å²) in [7, 11) is 1.67. The number of aryl methyl sites for hydroxylation is 1. The molecular formula is C23H24N4O2. The first-order chi connectivity index (χ1) is 14.1. The Morgan fingerprint density at radius 1 is 1.07 bits per heavy atom. The fourth-order valence-electron chi connectivity index (χ4n) is 3.79. The topological polar surface area (TPSA) is 60.1 Å². The van der Waals surface area contributed by atoms with Crippen molar-refractivity contribution in [3.8, 4) is 5.69 Å². The molecule has 0 unspecified atom stereocenters. The minimum atomic E-state index is -0.168.